The van der Waals surface area contributed by atoms with Crippen LogP contribution in [0.25, 0.3) is 15.3 Å². The van der Waals surface area contributed by atoms with E-state index in [0.29, 0.717) is 17.8 Å². The Labute approximate surface area is 311 Å². The zero-order valence-electron chi connectivity index (χ0n) is 30.8. The van der Waals surface area contributed by atoms with Crippen molar-refractivity contribution < 1.29 is 75.0 Å². The summed E-state index contributed by atoms with van der Waals surface area (Å²) in [7, 11) is -10.5. The van der Waals surface area contributed by atoms with E-state index in [1.54, 1.807) is 7.11 Å². The summed E-state index contributed by atoms with van der Waals surface area (Å²) in [4.78, 5) is 0. The van der Waals surface area contributed by atoms with Crippen LogP contribution in [0.4, 0.5) is 26.3 Å². The van der Waals surface area contributed by atoms with Gasteiger partial charge in [-0.15, -0.1) is 0 Å². The third kappa shape index (κ3) is 11.6. The first-order chi connectivity index (χ1) is 21.8. The summed E-state index contributed by atoms with van der Waals surface area (Å²) in [5.74, 6) is 3.19. The molecule has 0 unspecified atom stereocenters. The summed E-state index contributed by atoms with van der Waals surface area (Å²) in [6, 6.07) is 9.09. The second kappa shape index (κ2) is 17.2. The Kier molecular flexibility index (Phi) is 16.7. The Morgan fingerprint density at radius 3 is 1.22 bits per heavy atom. The fourth-order valence-corrected chi connectivity index (χ4v) is 11.4. The van der Waals surface area contributed by atoms with Crippen molar-refractivity contribution >= 4 is 33.3 Å². The Morgan fingerprint density at radius 2 is 0.960 bits per heavy atom. The van der Waals surface area contributed by atoms with E-state index in [2.05, 4.69) is 107 Å². The minimum Gasteiger partial charge on any atom is -0.496 e. The molecule has 17 heteroatoms. The van der Waals surface area contributed by atoms with Crippen molar-refractivity contribution in [1.82, 2.24) is 0 Å². The minimum atomic E-state index is -6.72. The quantitative estimate of drug-likeness (QED) is 0.141. The van der Waals surface area contributed by atoms with Gasteiger partial charge in [0.1, 0.15) is 11.5 Å². The number of hydrogen-bond acceptors (Lipinski definition) is 6. The Hall–Kier alpha value is -1.35. The van der Waals surface area contributed by atoms with Crippen LogP contribution >= 0.6 is 7.92 Å². The number of alkyl halides is 6. The van der Waals surface area contributed by atoms with Crippen LogP contribution in [0.1, 0.15) is 118 Å². The van der Waals surface area contributed by atoms with Crippen LogP contribution in [0.5, 0.6) is 11.5 Å². The maximum Gasteiger partial charge on any atom is 1.00 e. The molecule has 0 saturated heterocycles. The fourth-order valence-electron chi connectivity index (χ4n) is 5.49. The molecule has 0 amide bonds. The van der Waals surface area contributed by atoms with Crippen molar-refractivity contribution in [2.75, 3.05) is 14.2 Å². The predicted octanol–water partition coefficient (Wildman–Crippen LogP) is 10.5. The Morgan fingerprint density at radius 1 is 0.620 bits per heavy atom. The third-order valence-electron chi connectivity index (χ3n) is 7.27. The number of halogens is 6. The molecule has 50 heavy (non-hydrogen) atoms. The molecule has 2 aromatic carbocycles. The van der Waals surface area contributed by atoms with Crippen molar-refractivity contribution in [3.05, 3.63) is 45.1 Å². The molecule has 0 atom stereocenters. The number of sulfonamides is 2. The Bertz CT molecular complexity index is 1600. The second-order valence-electron chi connectivity index (χ2n) is 14.3. The molecule has 0 spiro atoms. The number of benzene rings is 2. The van der Waals surface area contributed by atoms with Crippen molar-refractivity contribution in [2.24, 2.45) is 0 Å². The largest absolute Gasteiger partial charge is 1.00 e. The van der Waals surface area contributed by atoms with E-state index in [0.717, 1.165) is 15.6 Å². The van der Waals surface area contributed by atoms with Gasteiger partial charge in [-0.3, -0.25) is 0 Å². The maximum atomic E-state index is 11.4. The van der Waals surface area contributed by atoms with Gasteiger partial charge < -0.3 is 13.6 Å². The van der Waals surface area contributed by atoms with Gasteiger partial charge >= 0.3 is 33.4 Å². The average Bonchev–Trinajstić information content (AvgIpc) is 2.88. The van der Waals surface area contributed by atoms with Gasteiger partial charge in [0.05, 0.1) is 14.2 Å². The van der Waals surface area contributed by atoms with Gasteiger partial charge in [-0.2, -0.15) is 26.3 Å². The smallest absolute Gasteiger partial charge is 0.496 e. The van der Waals surface area contributed by atoms with Crippen LogP contribution < -0.4 is 14.8 Å². The predicted molar refractivity (Wildman–Crippen MR) is 187 cm³/mol. The molecule has 0 fully saturated rings. The van der Waals surface area contributed by atoms with Crippen LogP contribution in [0.2, 0.25) is 0 Å². The first-order valence-corrected chi connectivity index (χ1v) is 19.6. The summed E-state index contributed by atoms with van der Waals surface area (Å²) in [6.07, 6.45) is 0. The molecule has 7 nitrogen and oxygen atoms in total. The number of nitrogens with zero attached hydrogens (tertiary/aromatic N) is 1. The van der Waals surface area contributed by atoms with Gasteiger partial charge in [0.2, 0.25) is 0 Å². The fraction of sp³-hybridized carbons (Fsp3) is 0.636. The Balaban J connectivity index is 0.00000127. The van der Waals surface area contributed by atoms with E-state index in [1.807, 2.05) is 7.11 Å². The van der Waals surface area contributed by atoms with Crippen molar-refractivity contribution in [2.45, 2.75) is 122 Å². The summed E-state index contributed by atoms with van der Waals surface area (Å²) >= 11 is 0. The third-order valence-corrected chi connectivity index (χ3v) is 13.6. The zero-order chi connectivity index (χ0) is 38.9. The zero-order valence-corrected chi connectivity index (χ0v) is 35.5. The standard InChI is InChI=1S/C31H49O2P.C2F6NO4S2.Au/c1-19(2)22-17-23(20(3)4)27(24(18-22)21(5)6)28-25(32-13)15-16-26(33-14)29(28)34(30(7,8)9)31(10,11)12;3-1(4,5)14(10,11)9-15(12,13)2(6,7)8;/h15-21H,1-14H3;;/q;-1;+1. The molecule has 0 radical (unpaired) electrons. The molecule has 0 aliphatic carbocycles. The molecular formula is C33H49AuF6NO6PS2. The van der Waals surface area contributed by atoms with E-state index >= 15 is 0 Å². The van der Waals surface area contributed by atoms with Crippen molar-refractivity contribution in [1.29, 1.82) is 0 Å². The molecule has 0 aromatic heterocycles. The minimum absolute atomic E-state index is 0. The van der Waals surface area contributed by atoms with Crippen LogP contribution in [0.3, 0.4) is 0 Å². The SMILES string of the molecule is COc1ccc(OC)c(P(C(C)(C)C)C(C)(C)C)c1-c1c(C(C)C)cc(C(C)C)cc1C(C)C.O=S(=O)([N-]S(=O)(=O)C(F)(F)F)C(F)(F)F.[Au+]. The van der Waals surface area contributed by atoms with E-state index in [9.17, 15) is 43.2 Å². The van der Waals surface area contributed by atoms with E-state index in [4.69, 9.17) is 9.47 Å². The average molecular weight is 962 g/mol. The number of rotatable bonds is 9. The molecule has 0 aliphatic heterocycles. The summed E-state index contributed by atoms with van der Waals surface area (Å²) in [5, 5.41) is 1.52. The van der Waals surface area contributed by atoms with E-state index in [-0.39, 0.29) is 32.7 Å². The molecule has 2 rings (SSSR count). The molecular weight excluding hydrogens is 912 g/mol. The van der Waals surface area contributed by atoms with Crippen LogP contribution in [-0.2, 0) is 42.4 Å². The second-order valence-corrected chi connectivity index (χ2v) is 21.5. The summed E-state index contributed by atoms with van der Waals surface area (Å²) in [5.41, 5.74) is -5.60. The molecule has 0 bridgehead atoms. The molecule has 292 valence electrons. The van der Waals surface area contributed by atoms with Crippen LogP contribution in [-0.4, -0.2) is 52.4 Å². The van der Waals surface area contributed by atoms with Gasteiger partial charge in [0, 0.05) is 10.9 Å². The van der Waals surface area contributed by atoms with Gasteiger partial charge in [-0.1, -0.05) is 103 Å². The van der Waals surface area contributed by atoms with E-state index in [1.165, 1.54) is 33.1 Å². The normalized spacial score (nSPS) is 13.4. The first kappa shape index (κ1) is 48.7. The number of hydrogen-bond donors (Lipinski definition) is 0. The summed E-state index contributed by atoms with van der Waals surface area (Å²) in [6.45, 7) is 28.1. The van der Waals surface area contributed by atoms with Gasteiger partial charge in [0.15, 0.2) is 20.0 Å². The molecule has 0 heterocycles. The molecule has 0 aliphatic rings. The van der Waals surface area contributed by atoms with Crippen LogP contribution in [0, 0.1) is 0 Å². The first-order valence-electron chi connectivity index (χ1n) is 15.4. The maximum absolute atomic E-state index is 11.4. The molecule has 2 aromatic rings. The summed E-state index contributed by atoms with van der Waals surface area (Å²) < 4.78 is 121. The van der Waals surface area contributed by atoms with Gasteiger partial charge in [-0.05, 0) is 62.5 Å². The number of ether oxygens (including phenoxy) is 2. The van der Waals surface area contributed by atoms with Crippen LogP contribution in [0.15, 0.2) is 24.3 Å². The monoisotopic (exact) mass is 961 g/mol. The van der Waals surface area contributed by atoms with E-state index < -0.39 is 39.0 Å². The molecule has 0 N–H and O–H groups in total. The van der Waals surface area contributed by atoms with Crippen molar-refractivity contribution in [3.8, 4) is 22.6 Å². The van der Waals surface area contributed by atoms with Crippen molar-refractivity contribution in [3.63, 3.8) is 0 Å². The number of methoxy groups -OCH3 is 2. The topological polar surface area (TPSA) is 101 Å². The van der Waals surface area contributed by atoms with Gasteiger partial charge in [0.25, 0.3) is 0 Å². The van der Waals surface area contributed by atoms with Gasteiger partial charge in [-0.25, -0.2) is 16.8 Å². The molecule has 0 saturated carbocycles.